The Morgan fingerprint density at radius 3 is 2.25 bits per heavy atom. The first-order valence-corrected chi connectivity index (χ1v) is 11.3. The first kappa shape index (κ1) is 27.0. The molecule has 0 saturated carbocycles. The summed E-state index contributed by atoms with van der Waals surface area (Å²) in [5.74, 6) is -2.53. The molecule has 2 aliphatic heterocycles. The van der Waals surface area contributed by atoms with E-state index >= 15 is 0 Å². The number of hydrogen-bond acceptors (Lipinski definition) is 5. The molecule has 0 spiro atoms. The molecule has 0 fully saturated rings. The van der Waals surface area contributed by atoms with Crippen LogP contribution < -0.4 is 4.74 Å². The molecule has 206 valence electrons. The summed E-state index contributed by atoms with van der Waals surface area (Å²) in [6, 6.07) is 6.78. The molecule has 0 unspecified atom stereocenters. The van der Waals surface area contributed by atoms with E-state index in [0.717, 1.165) is 31.5 Å². The molecule has 2 aliphatic rings. The van der Waals surface area contributed by atoms with Gasteiger partial charge < -0.3 is 4.74 Å². The van der Waals surface area contributed by atoms with E-state index in [-0.39, 0.29) is 40.6 Å². The smallest absolute Gasteiger partial charge is 0.418 e. The van der Waals surface area contributed by atoms with Gasteiger partial charge in [-0.1, -0.05) is 6.07 Å². The van der Waals surface area contributed by atoms with Gasteiger partial charge in [0.2, 0.25) is 0 Å². The average Bonchev–Trinajstić information content (AvgIpc) is 3.32. The summed E-state index contributed by atoms with van der Waals surface area (Å²) in [6.07, 6.45) is -6.43. The molecule has 6 nitrogen and oxygen atoms in total. The van der Waals surface area contributed by atoms with E-state index in [9.17, 15) is 35.1 Å². The number of fused-ring (bicyclic) bond motifs is 1. The van der Waals surface area contributed by atoms with Crippen molar-refractivity contribution in [2.45, 2.75) is 18.9 Å². The van der Waals surface area contributed by atoms with Crippen molar-refractivity contribution in [2.24, 2.45) is 0 Å². The van der Waals surface area contributed by atoms with Crippen molar-refractivity contribution in [1.29, 1.82) is 0 Å². The summed E-state index contributed by atoms with van der Waals surface area (Å²) in [5.41, 5.74) is -4.16. The van der Waals surface area contributed by atoms with Crippen molar-refractivity contribution in [3.8, 4) is 39.8 Å². The van der Waals surface area contributed by atoms with Gasteiger partial charge in [-0.2, -0.15) is 31.4 Å². The van der Waals surface area contributed by atoms with Gasteiger partial charge in [-0.3, -0.25) is 9.67 Å². The van der Waals surface area contributed by atoms with Crippen LogP contribution in [0.25, 0.3) is 34.0 Å². The zero-order valence-corrected chi connectivity index (χ0v) is 20.1. The molecular formula is C26H15F8N5O. The Morgan fingerprint density at radius 2 is 1.55 bits per heavy atom. The van der Waals surface area contributed by atoms with Crippen LogP contribution in [0.5, 0.6) is 5.75 Å². The van der Waals surface area contributed by atoms with E-state index < -0.39 is 46.4 Å². The van der Waals surface area contributed by atoms with Crippen molar-refractivity contribution >= 4 is 0 Å². The number of aromatic nitrogens is 5. The van der Waals surface area contributed by atoms with Crippen LogP contribution in [0.4, 0.5) is 35.1 Å². The van der Waals surface area contributed by atoms with Crippen LogP contribution in [-0.4, -0.2) is 31.8 Å². The van der Waals surface area contributed by atoms with Gasteiger partial charge in [-0.25, -0.2) is 18.7 Å². The fourth-order valence-corrected chi connectivity index (χ4v) is 4.05. The minimum atomic E-state index is -5.04. The van der Waals surface area contributed by atoms with Gasteiger partial charge in [0.25, 0.3) is 0 Å². The zero-order valence-electron chi connectivity index (χ0n) is 20.1. The number of rotatable bonds is 5. The monoisotopic (exact) mass is 565 g/mol. The Morgan fingerprint density at radius 1 is 0.825 bits per heavy atom. The molecule has 0 bridgehead atoms. The van der Waals surface area contributed by atoms with Crippen molar-refractivity contribution in [3.63, 3.8) is 0 Å². The summed E-state index contributed by atoms with van der Waals surface area (Å²) in [7, 11) is 1.13. The third kappa shape index (κ3) is 5.16. The maximum absolute atomic E-state index is 14.2. The van der Waals surface area contributed by atoms with Crippen molar-refractivity contribution in [2.75, 3.05) is 7.11 Å². The highest BCUT2D eigenvalue weighted by Crippen LogP contribution is 2.43. The molecule has 5 rings (SSSR count). The molecule has 0 amide bonds. The summed E-state index contributed by atoms with van der Waals surface area (Å²) >= 11 is 0. The minimum Gasteiger partial charge on any atom is -0.497 e. The Labute approximate surface area is 220 Å². The second kappa shape index (κ2) is 9.84. The van der Waals surface area contributed by atoms with Gasteiger partial charge in [-0.05, 0) is 42.0 Å². The van der Waals surface area contributed by atoms with Gasteiger partial charge in [0, 0.05) is 11.8 Å². The lowest BCUT2D eigenvalue weighted by molar-refractivity contribution is -0.139. The largest absolute Gasteiger partial charge is 0.497 e. The number of ether oxygens (including phenoxy) is 1. The molecule has 0 radical (unpaired) electrons. The number of alkyl halides is 6. The van der Waals surface area contributed by atoms with Crippen LogP contribution in [0.15, 0.2) is 61.1 Å². The van der Waals surface area contributed by atoms with Crippen molar-refractivity contribution in [3.05, 3.63) is 89.4 Å². The highest BCUT2D eigenvalue weighted by molar-refractivity contribution is 5.70. The lowest BCUT2D eigenvalue weighted by Gasteiger charge is -2.18. The molecule has 14 heteroatoms. The van der Waals surface area contributed by atoms with Crippen molar-refractivity contribution < 1.29 is 39.9 Å². The molecule has 3 heterocycles. The van der Waals surface area contributed by atoms with Crippen molar-refractivity contribution in [1.82, 2.24) is 24.7 Å². The maximum atomic E-state index is 14.2. The molecule has 1 aromatic heterocycles. The fraction of sp³-hybridized carbons (Fsp3) is 0.154. The van der Waals surface area contributed by atoms with Crippen LogP contribution >= 0.6 is 0 Å². The minimum absolute atomic E-state index is 0.0223. The topological polar surface area (TPSA) is 65.7 Å². The maximum Gasteiger partial charge on any atom is 0.418 e. The zero-order chi connectivity index (χ0) is 28.8. The Kier molecular flexibility index (Phi) is 6.64. The average molecular weight is 565 g/mol. The van der Waals surface area contributed by atoms with Gasteiger partial charge >= 0.3 is 12.4 Å². The summed E-state index contributed by atoms with van der Waals surface area (Å²) in [4.78, 5) is 12.0. The van der Waals surface area contributed by atoms with E-state index in [0.29, 0.717) is 12.1 Å². The number of pyridine rings is 1. The number of imidazole rings is 1. The van der Waals surface area contributed by atoms with Gasteiger partial charge in [-0.15, -0.1) is 0 Å². The fourth-order valence-electron chi connectivity index (χ4n) is 4.05. The Bertz CT molecular complexity index is 1680. The van der Waals surface area contributed by atoms with Gasteiger partial charge in [0.1, 0.15) is 17.1 Å². The number of methoxy groups -OCH3 is 1. The highest BCUT2D eigenvalue weighted by Gasteiger charge is 2.39. The third-order valence-corrected chi connectivity index (χ3v) is 5.89. The second-order valence-electron chi connectivity index (χ2n) is 8.54. The molecule has 0 atom stereocenters. The first-order chi connectivity index (χ1) is 18.8. The molecule has 0 saturated heterocycles. The molecule has 0 N–H and O–H groups in total. The van der Waals surface area contributed by atoms with Crippen LogP contribution in [0.3, 0.4) is 0 Å². The van der Waals surface area contributed by atoms with Crippen LogP contribution in [-0.2, 0) is 18.9 Å². The Balaban J connectivity index is 1.52. The van der Waals surface area contributed by atoms with Crippen LogP contribution in [0.2, 0.25) is 0 Å². The number of hydrogen-bond donors (Lipinski definition) is 0. The van der Waals surface area contributed by atoms with E-state index in [1.807, 2.05) is 0 Å². The molecule has 3 aromatic rings. The predicted molar refractivity (Wildman–Crippen MR) is 125 cm³/mol. The number of nitrogens with zero attached hydrogens (tertiary/aromatic N) is 5. The van der Waals surface area contributed by atoms with E-state index in [4.69, 9.17) is 4.74 Å². The standard InChI is InChI=1S/C26H15F8N5O/c1-40-14-5-6-15(17(8-14)25(29,30)31)23-18(26(32,33)34)7-13(9-35-23)11-39-12-21-20(10-36-39)37-24(38-21)16-3-2-4-19(27)22(16)28/h2-10,12H,11H2,1H3. The summed E-state index contributed by atoms with van der Waals surface area (Å²) in [5, 5.41) is 4.06. The predicted octanol–water partition coefficient (Wildman–Crippen LogP) is 6.88. The Hall–Kier alpha value is -4.62. The normalized spacial score (nSPS) is 12.2. The summed E-state index contributed by atoms with van der Waals surface area (Å²) in [6.45, 7) is -0.266. The lowest BCUT2D eigenvalue weighted by Crippen LogP contribution is -2.14. The van der Waals surface area contributed by atoms with Gasteiger partial charge in [0.15, 0.2) is 17.5 Å². The SMILES string of the molecule is COc1ccc(-c2ncc(Cn3cc4nc(-c5cccc(F)c5F)nc-4cn3)cc2C(F)(F)F)c(C(F)(F)F)c1. The summed E-state index contributed by atoms with van der Waals surface area (Å²) < 4.78 is 117. The first-order valence-electron chi connectivity index (χ1n) is 11.3. The van der Waals surface area contributed by atoms with Crippen LogP contribution in [0, 0.1) is 11.6 Å². The van der Waals surface area contributed by atoms with E-state index in [1.165, 1.54) is 29.2 Å². The van der Waals surface area contributed by atoms with E-state index in [2.05, 4.69) is 20.1 Å². The molecule has 2 aromatic carbocycles. The second-order valence-corrected chi connectivity index (χ2v) is 8.54. The third-order valence-electron chi connectivity index (χ3n) is 5.89. The van der Waals surface area contributed by atoms with E-state index in [1.54, 1.807) is 0 Å². The molecule has 0 aliphatic carbocycles. The number of benzene rings is 2. The quantitative estimate of drug-likeness (QED) is 0.218. The molecule has 40 heavy (non-hydrogen) atoms. The number of halogens is 8. The lowest BCUT2D eigenvalue weighted by atomic mass is 9.98. The highest BCUT2D eigenvalue weighted by atomic mass is 19.4. The van der Waals surface area contributed by atoms with Crippen LogP contribution in [0.1, 0.15) is 16.7 Å². The molecular weight excluding hydrogens is 550 g/mol. The van der Waals surface area contributed by atoms with Gasteiger partial charge in [0.05, 0.1) is 48.4 Å².